The average molecular weight is 243 g/mol. The Morgan fingerprint density at radius 3 is 2.93 bits per heavy atom. The van der Waals surface area contributed by atoms with Crippen LogP contribution in [0.4, 0.5) is 0 Å². The van der Waals surface area contributed by atoms with E-state index in [0.717, 1.165) is 6.54 Å². The van der Waals surface area contributed by atoms with Crippen molar-refractivity contribution in [2.45, 2.75) is 39.8 Å². The van der Waals surface area contributed by atoms with Gasteiger partial charge in [-0.1, -0.05) is 6.92 Å². The van der Waals surface area contributed by atoms with Crippen molar-refractivity contribution in [2.75, 3.05) is 11.5 Å². The molecule has 0 saturated carbocycles. The molecule has 0 aliphatic heterocycles. The Labute approximate surface area is 102 Å². The molecule has 0 bridgehead atoms. The van der Waals surface area contributed by atoms with Gasteiger partial charge in [-0.25, -0.2) is 0 Å². The molecule has 0 spiro atoms. The number of thiophene rings is 1. The predicted molar refractivity (Wildman–Crippen MR) is 73.0 cm³/mol. The molecule has 1 aromatic heterocycles. The van der Waals surface area contributed by atoms with Gasteiger partial charge in [-0.3, -0.25) is 0 Å². The summed E-state index contributed by atoms with van der Waals surface area (Å²) < 4.78 is 0. The van der Waals surface area contributed by atoms with Gasteiger partial charge < -0.3 is 5.32 Å². The Bertz CT molecular complexity index is 270. The van der Waals surface area contributed by atoms with Crippen LogP contribution in [0.1, 0.15) is 30.7 Å². The molecule has 1 N–H and O–H groups in total. The van der Waals surface area contributed by atoms with E-state index >= 15 is 0 Å². The minimum absolute atomic E-state index is 0.630. The molecule has 1 heterocycles. The zero-order valence-electron chi connectivity index (χ0n) is 9.88. The third kappa shape index (κ3) is 5.05. The second kappa shape index (κ2) is 7.31. The molecule has 0 aromatic carbocycles. The monoisotopic (exact) mass is 243 g/mol. The Hall–Kier alpha value is 0.0100. The van der Waals surface area contributed by atoms with Crippen LogP contribution in [0.2, 0.25) is 0 Å². The van der Waals surface area contributed by atoms with E-state index in [9.17, 15) is 0 Å². The second-order valence-electron chi connectivity index (χ2n) is 3.79. The number of nitrogens with one attached hydrogen (secondary N) is 1. The van der Waals surface area contributed by atoms with Gasteiger partial charge in [0.2, 0.25) is 0 Å². The Morgan fingerprint density at radius 2 is 2.33 bits per heavy atom. The summed E-state index contributed by atoms with van der Waals surface area (Å²) in [6, 6.07) is 2.82. The highest BCUT2D eigenvalue weighted by Crippen LogP contribution is 2.15. The summed E-state index contributed by atoms with van der Waals surface area (Å²) in [5.74, 6) is 2.50. The van der Waals surface area contributed by atoms with Crippen LogP contribution in [0.3, 0.4) is 0 Å². The van der Waals surface area contributed by atoms with Crippen molar-refractivity contribution >= 4 is 23.1 Å². The maximum Gasteiger partial charge on any atom is 0.0304 e. The van der Waals surface area contributed by atoms with Crippen molar-refractivity contribution in [1.29, 1.82) is 0 Å². The SMILES string of the molecule is CCSCCC(C)NCc1sccc1C. The highest BCUT2D eigenvalue weighted by molar-refractivity contribution is 7.99. The lowest BCUT2D eigenvalue weighted by atomic mass is 10.2. The molecular formula is C12H21NS2. The first-order chi connectivity index (χ1) is 7.24. The van der Waals surface area contributed by atoms with E-state index in [4.69, 9.17) is 0 Å². The lowest BCUT2D eigenvalue weighted by Gasteiger charge is -2.12. The van der Waals surface area contributed by atoms with Crippen molar-refractivity contribution in [3.63, 3.8) is 0 Å². The smallest absolute Gasteiger partial charge is 0.0304 e. The van der Waals surface area contributed by atoms with Crippen LogP contribution in [-0.4, -0.2) is 17.5 Å². The van der Waals surface area contributed by atoms with Crippen molar-refractivity contribution in [3.05, 3.63) is 21.9 Å². The molecule has 3 heteroatoms. The fourth-order valence-electron chi connectivity index (χ4n) is 1.36. The van der Waals surface area contributed by atoms with Crippen molar-refractivity contribution < 1.29 is 0 Å². The molecule has 0 fully saturated rings. The van der Waals surface area contributed by atoms with Crippen LogP contribution in [0.5, 0.6) is 0 Å². The summed E-state index contributed by atoms with van der Waals surface area (Å²) in [6.07, 6.45) is 1.27. The van der Waals surface area contributed by atoms with Crippen LogP contribution >= 0.6 is 23.1 Å². The number of rotatable bonds is 7. The summed E-state index contributed by atoms with van der Waals surface area (Å²) in [6.45, 7) is 7.71. The fraction of sp³-hybridized carbons (Fsp3) is 0.667. The summed E-state index contributed by atoms with van der Waals surface area (Å²) in [5, 5.41) is 5.75. The molecule has 0 aliphatic carbocycles. The Balaban J connectivity index is 2.16. The third-order valence-electron chi connectivity index (χ3n) is 2.48. The third-order valence-corrected chi connectivity index (χ3v) is 4.43. The summed E-state index contributed by atoms with van der Waals surface area (Å²) in [5.41, 5.74) is 1.42. The first kappa shape index (κ1) is 13.1. The van der Waals surface area contributed by atoms with Crippen molar-refractivity contribution in [2.24, 2.45) is 0 Å². The van der Waals surface area contributed by atoms with Crippen LogP contribution in [0.15, 0.2) is 11.4 Å². The summed E-state index contributed by atoms with van der Waals surface area (Å²) in [4.78, 5) is 1.48. The summed E-state index contributed by atoms with van der Waals surface area (Å²) in [7, 11) is 0. The molecule has 0 amide bonds. The van der Waals surface area contributed by atoms with Gasteiger partial charge in [-0.2, -0.15) is 11.8 Å². The van der Waals surface area contributed by atoms with Gasteiger partial charge in [-0.05, 0) is 48.8 Å². The minimum atomic E-state index is 0.630. The molecule has 1 atom stereocenters. The number of hydrogen-bond donors (Lipinski definition) is 1. The second-order valence-corrected chi connectivity index (χ2v) is 6.19. The van der Waals surface area contributed by atoms with Gasteiger partial charge in [0.05, 0.1) is 0 Å². The molecule has 1 nitrogen and oxygen atoms in total. The zero-order valence-corrected chi connectivity index (χ0v) is 11.5. The maximum atomic E-state index is 3.58. The van der Waals surface area contributed by atoms with E-state index in [1.54, 1.807) is 0 Å². The number of aryl methyl sites for hydroxylation is 1. The maximum absolute atomic E-state index is 3.58. The molecular weight excluding hydrogens is 222 g/mol. The highest BCUT2D eigenvalue weighted by Gasteiger charge is 2.03. The molecule has 1 rings (SSSR count). The van der Waals surface area contributed by atoms with E-state index in [1.807, 2.05) is 23.1 Å². The number of thioether (sulfide) groups is 1. The van der Waals surface area contributed by atoms with Crippen LogP contribution in [0, 0.1) is 6.92 Å². The van der Waals surface area contributed by atoms with Gasteiger partial charge in [0.1, 0.15) is 0 Å². The molecule has 86 valence electrons. The van der Waals surface area contributed by atoms with E-state index in [1.165, 1.54) is 28.4 Å². The standard InChI is InChI=1S/C12H21NS2/c1-4-14-7-6-11(3)13-9-12-10(2)5-8-15-12/h5,8,11,13H,4,6-7,9H2,1-3H3. The Kier molecular flexibility index (Phi) is 6.37. The van der Waals surface area contributed by atoms with Crippen molar-refractivity contribution in [3.8, 4) is 0 Å². The Morgan fingerprint density at radius 1 is 1.53 bits per heavy atom. The lowest BCUT2D eigenvalue weighted by molar-refractivity contribution is 0.540. The molecule has 0 aliphatic rings. The van der Waals surface area contributed by atoms with Crippen LogP contribution in [0.25, 0.3) is 0 Å². The molecule has 1 aromatic rings. The fourth-order valence-corrected chi connectivity index (χ4v) is 3.02. The topological polar surface area (TPSA) is 12.0 Å². The quantitative estimate of drug-likeness (QED) is 0.733. The largest absolute Gasteiger partial charge is 0.309 e. The zero-order chi connectivity index (χ0) is 11.1. The van der Waals surface area contributed by atoms with Gasteiger partial charge in [-0.15, -0.1) is 11.3 Å². The highest BCUT2D eigenvalue weighted by atomic mass is 32.2. The van der Waals surface area contributed by atoms with Crippen molar-refractivity contribution in [1.82, 2.24) is 5.32 Å². The lowest BCUT2D eigenvalue weighted by Crippen LogP contribution is -2.25. The van der Waals surface area contributed by atoms with Gasteiger partial charge in [0.15, 0.2) is 0 Å². The van der Waals surface area contributed by atoms with E-state index in [0.29, 0.717) is 6.04 Å². The molecule has 15 heavy (non-hydrogen) atoms. The van der Waals surface area contributed by atoms with Gasteiger partial charge in [0.25, 0.3) is 0 Å². The minimum Gasteiger partial charge on any atom is -0.309 e. The summed E-state index contributed by atoms with van der Waals surface area (Å²) >= 11 is 3.88. The first-order valence-electron chi connectivity index (χ1n) is 5.58. The van der Waals surface area contributed by atoms with E-state index < -0.39 is 0 Å². The number of hydrogen-bond acceptors (Lipinski definition) is 3. The van der Waals surface area contributed by atoms with Gasteiger partial charge in [0, 0.05) is 17.5 Å². The average Bonchev–Trinajstić information content (AvgIpc) is 2.61. The first-order valence-corrected chi connectivity index (χ1v) is 7.61. The predicted octanol–water partition coefficient (Wildman–Crippen LogP) is 3.68. The van der Waals surface area contributed by atoms with Gasteiger partial charge >= 0.3 is 0 Å². The van der Waals surface area contributed by atoms with E-state index in [-0.39, 0.29) is 0 Å². The molecule has 0 radical (unpaired) electrons. The normalized spacial score (nSPS) is 13.0. The van der Waals surface area contributed by atoms with E-state index in [2.05, 4.69) is 37.5 Å². The van der Waals surface area contributed by atoms with Crippen LogP contribution in [-0.2, 0) is 6.54 Å². The molecule has 0 saturated heterocycles. The van der Waals surface area contributed by atoms with Crippen LogP contribution < -0.4 is 5.32 Å². The molecule has 1 unspecified atom stereocenters.